The molecule has 4 nitrogen and oxygen atoms in total. The molecule has 0 unspecified atom stereocenters. The quantitative estimate of drug-likeness (QED) is 0.684. The van der Waals surface area contributed by atoms with Gasteiger partial charge in [-0.3, -0.25) is 4.79 Å². The van der Waals surface area contributed by atoms with E-state index in [2.05, 4.69) is 10.3 Å². The van der Waals surface area contributed by atoms with Crippen molar-refractivity contribution < 1.29 is 18.0 Å². The number of nitrogens with one attached hydrogen (secondary N) is 1. The van der Waals surface area contributed by atoms with E-state index in [0.717, 1.165) is 12.1 Å². The summed E-state index contributed by atoms with van der Waals surface area (Å²) in [6.45, 7) is 4.40. The van der Waals surface area contributed by atoms with Gasteiger partial charge in [0, 0.05) is 17.5 Å². The number of hydrogen-bond acceptors (Lipinski definition) is 4. The first-order chi connectivity index (χ1) is 12.3. The van der Waals surface area contributed by atoms with E-state index in [4.69, 9.17) is 5.73 Å². The lowest BCUT2D eigenvalue weighted by Gasteiger charge is -2.28. The van der Waals surface area contributed by atoms with Crippen molar-refractivity contribution >= 4 is 29.7 Å². The third-order valence-corrected chi connectivity index (χ3v) is 5.61. The van der Waals surface area contributed by atoms with Crippen LogP contribution < -0.4 is 11.1 Å². The zero-order valence-electron chi connectivity index (χ0n) is 15.1. The minimum absolute atomic E-state index is 0. The molecule has 0 saturated carbocycles. The summed E-state index contributed by atoms with van der Waals surface area (Å²) < 4.78 is 37.9. The maximum Gasteiger partial charge on any atom is 0.416 e. The fourth-order valence-electron chi connectivity index (χ4n) is 2.63. The number of amides is 1. The van der Waals surface area contributed by atoms with Gasteiger partial charge in [-0.05, 0) is 25.0 Å². The lowest BCUT2D eigenvalue weighted by Crippen LogP contribution is -2.45. The third-order valence-electron chi connectivity index (χ3n) is 4.67. The van der Waals surface area contributed by atoms with Gasteiger partial charge in [-0.25, -0.2) is 4.98 Å². The zero-order valence-corrected chi connectivity index (χ0v) is 16.7. The number of halogens is 4. The lowest BCUT2D eigenvalue weighted by molar-refractivity contribution is -0.137. The van der Waals surface area contributed by atoms with Crippen molar-refractivity contribution in [1.29, 1.82) is 0 Å². The molecule has 1 aromatic carbocycles. The highest BCUT2D eigenvalue weighted by Crippen LogP contribution is 2.32. The van der Waals surface area contributed by atoms with Gasteiger partial charge < -0.3 is 11.1 Å². The van der Waals surface area contributed by atoms with Gasteiger partial charge in [0.05, 0.1) is 23.2 Å². The Morgan fingerprint density at radius 2 is 1.78 bits per heavy atom. The molecule has 2 rings (SSSR count). The van der Waals surface area contributed by atoms with Crippen LogP contribution in [0.25, 0.3) is 10.6 Å². The predicted octanol–water partition coefficient (Wildman–Crippen LogP) is 4.63. The molecule has 0 fully saturated rings. The molecule has 0 aliphatic heterocycles. The van der Waals surface area contributed by atoms with Crippen LogP contribution in [0.15, 0.2) is 29.6 Å². The Morgan fingerprint density at radius 1 is 1.19 bits per heavy atom. The van der Waals surface area contributed by atoms with Crippen molar-refractivity contribution in [2.24, 2.45) is 11.1 Å². The normalized spacial score (nSPS) is 11.8. The average molecular weight is 422 g/mol. The predicted molar refractivity (Wildman–Crippen MR) is 104 cm³/mol. The molecule has 0 aliphatic rings. The molecule has 0 bridgehead atoms. The summed E-state index contributed by atoms with van der Waals surface area (Å²) in [6.07, 6.45) is -3.05. The van der Waals surface area contributed by atoms with Gasteiger partial charge in [0.25, 0.3) is 0 Å². The maximum absolute atomic E-state index is 12.6. The molecule has 0 atom stereocenters. The second-order valence-corrected chi connectivity index (χ2v) is 6.95. The van der Waals surface area contributed by atoms with Gasteiger partial charge in [0.2, 0.25) is 5.91 Å². The van der Waals surface area contributed by atoms with E-state index < -0.39 is 17.2 Å². The van der Waals surface area contributed by atoms with Gasteiger partial charge in [0.1, 0.15) is 5.01 Å². The summed E-state index contributed by atoms with van der Waals surface area (Å²) in [4.78, 5) is 16.8. The molecule has 150 valence electrons. The van der Waals surface area contributed by atoms with Crippen molar-refractivity contribution in [3.8, 4) is 10.6 Å². The van der Waals surface area contributed by atoms with E-state index in [0.29, 0.717) is 29.1 Å². The Balaban J connectivity index is 0.00000364. The van der Waals surface area contributed by atoms with Crippen LogP contribution in [0, 0.1) is 5.41 Å². The highest BCUT2D eigenvalue weighted by Gasteiger charge is 2.33. The highest BCUT2D eigenvalue weighted by molar-refractivity contribution is 7.13. The molecule has 3 N–H and O–H groups in total. The molecule has 0 spiro atoms. The topological polar surface area (TPSA) is 68.0 Å². The molecule has 27 heavy (non-hydrogen) atoms. The van der Waals surface area contributed by atoms with Crippen LogP contribution >= 0.6 is 23.7 Å². The van der Waals surface area contributed by atoms with Crippen molar-refractivity contribution in [3.05, 3.63) is 40.9 Å². The molecule has 1 heterocycles. The van der Waals surface area contributed by atoms with Crippen molar-refractivity contribution in [2.75, 3.05) is 6.54 Å². The SMILES string of the molecule is CCC(CC)(CN)C(=O)NCc1csc(-c2ccc(C(F)(F)F)cc2)n1.Cl. The van der Waals surface area contributed by atoms with Crippen molar-refractivity contribution in [2.45, 2.75) is 39.4 Å². The molecule has 0 aliphatic carbocycles. The fraction of sp³-hybridized carbons (Fsp3) is 0.444. The second kappa shape index (κ2) is 9.52. The zero-order chi connectivity index (χ0) is 19.4. The number of nitrogens with two attached hydrogens (primary N) is 1. The summed E-state index contributed by atoms with van der Waals surface area (Å²) in [5, 5.41) is 5.26. The molecular formula is C18H23ClF3N3OS. The van der Waals surface area contributed by atoms with Crippen LogP contribution in [0.2, 0.25) is 0 Å². The first-order valence-corrected chi connectivity index (χ1v) is 9.24. The number of benzene rings is 1. The molecular weight excluding hydrogens is 399 g/mol. The van der Waals surface area contributed by atoms with E-state index >= 15 is 0 Å². The van der Waals surface area contributed by atoms with E-state index in [1.165, 1.54) is 23.5 Å². The monoisotopic (exact) mass is 421 g/mol. The number of carbonyl (C=O) groups is 1. The standard InChI is InChI=1S/C18H22F3N3OS.ClH/c1-3-17(4-2,11-22)16(25)23-9-14-10-26-15(24-14)12-5-7-13(8-6-12)18(19,20)21;/h5-8,10H,3-4,9,11,22H2,1-2H3,(H,23,25);1H. The Labute approximate surface area is 166 Å². The lowest BCUT2D eigenvalue weighted by atomic mass is 9.81. The number of carbonyl (C=O) groups excluding carboxylic acids is 1. The Kier molecular flexibility index (Phi) is 8.25. The fourth-order valence-corrected chi connectivity index (χ4v) is 3.46. The molecule has 1 amide bonds. The minimum Gasteiger partial charge on any atom is -0.350 e. The Morgan fingerprint density at radius 3 is 2.26 bits per heavy atom. The van der Waals surface area contributed by atoms with Crippen LogP contribution in [0.1, 0.15) is 37.9 Å². The van der Waals surface area contributed by atoms with E-state index in [1.54, 1.807) is 5.38 Å². The van der Waals surface area contributed by atoms with Crippen LogP contribution in [0.5, 0.6) is 0 Å². The van der Waals surface area contributed by atoms with Crippen molar-refractivity contribution in [1.82, 2.24) is 10.3 Å². The Hall–Kier alpha value is -1.64. The largest absolute Gasteiger partial charge is 0.416 e. The average Bonchev–Trinajstić information content (AvgIpc) is 3.10. The summed E-state index contributed by atoms with van der Waals surface area (Å²) >= 11 is 1.32. The van der Waals surface area contributed by atoms with E-state index in [1.807, 2.05) is 13.8 Å². The number of rotatable bonds is 7. The number of thiazole rings is 1. The number of nitrogens with zero attached hydrogens (tertiary/aromatic N) is 1. The smallest absolute Gasteiger partial charge is 0.350 e. The second-order valence-electron chi connectivity index (χ2n) is 6.09. The number of aromatic nitrogens is 1. The highest BCUT2D eigenvalue weighted by atomic mass is 35.5. The van der Waals surface area contributed by atoms with Crippen LogP contribution in [0.3, 0.4) is 0 Å². The van der Waals surface area contributed by atoms with Gasteiger partial charge in [-0.15, -0.1) is 23.7 Å². The first kappa shape index (κ1) is 23.4. The van der Waals surface area contributed by atoms with Gasteiger partial charge in [-0.1, -0.05) is 26.0 Å². The number of hydrogen-bond donors (Lipinski definition) is 2. The van der Waals surface area contributed by atoms with Gasteiger partial charge in [-0.2, -0.15) is 13.2 Å². The molecule has 0 radical (unpaired) electrons. The summed E-state index contributed by atoms with van der Waals surface area (Å²) in [5.74, 6) is -0.103. The van der Waals surface area contributed by atoms with Gasteiger partial charge >= 0.3 is 6.18 Å². The number of alkyl halides is 3. The summed E-state index contributed by atoms with van der Waals surface area (Å²) in [5.41, 5.74) is 5.77. The maximum atomic E-state index is 12.6. The third kappa shape index (κ3) is 5.43. The van der Waals surface area contributed by atoms with E-state index in [-0.39, 0.29) is 31.4 Å². The molecule has 2 aromatic rings. The Bertz CT molecular complexity index is 735. The summed E-state index contributed by atoms with van der Waals surface area (Å²) in [7, 11) is 0. The van der Waals surface area contributed by atoms with Crippen molar-refractivity contribution in [3.63, 3.8) is 0 Å². The molecule has 0 saturated heterocycles. The van der Waals surface area contributed by atoms with Crippen LogP contribution in [-0.4, -0.2) is 17.4 Å². The van der Waals surface area contributed by atoms with Crippen LogP contribution in [0.4, 0.5) is 13.2 Å². The van der Waals surface area contributed by atoms with E-state index in [9.17, 15) is 18.0 Å². The minimum atomic E-state index is -4.36. The van der Waals surface area contributed by atoms with Gasteiger partial charge in [0.15, 0.2) is 0 Å². The molecule has 1 aromatic heterocycles. The first-order valence-electron chi connectivity index (χ1n) is 8.36. The van der Waals surface area contributed by atoms with Crippen LogP contribution in [-0.2, 0) is 17.5 Å². The molecule has 9 heteroatoms. The summed E-state index contributed by atoms with van der Waals surface area (Å²) in [6, 6.07) is 4.88.